The summed E-state index contributed by atoms with van der Waals surface area (Å²) in [6, 6.07) is 3.10. The molecule has 0 aromatic carbocycles. The SMILES string of the molecule is COCCOCC(=O)Nc1ccc(Cl)nn1. The van der Waals surface area contributed by atoms with E-state index >= 15 is 0 Å². The molecule has 0 radical (unpaired) electrons. The van der Waals surface area contributed by atoms with Crippen LogP contribution < -0.4 is 5.32 Å². The molecule has 0 saturated carbocycles. The van der Waals surface area contributed by atoms with E-state index in [1.54, 1.807) is 13.2 Å². The van der Waals surface area contributed by atoms with Gasteiger partial charge >= 0.3 is 0 Å². The average Bonchev–Trinajstić information content (AvgIpc) is 2.28. The summed E-state index contributed by atoms with van der Waals surface area (Å²) in [6.07, 6.45) is 0. The van der Waals surface area contributed by atoms with Crippen LogP contribution in [0.2, 0.25) is 5.15 Å². The van der Waals surface area contributed by atoms with Crippen LogP contribution in [0.4, 0.5) is 5.82 Å². The van der Waals surface area contributed by atoms with Gasteiger partial charge in [-0.25, -0.2) is 0 Å². The van der Waals surface area contributed by atoms with E-state index in [2.05, 4.69) is 15.5 Å². The molecule has 1 N–H and O–H groups in total. The molecule has 1 amide bonds. The lowest BCUT2D eigenvalue weighted by Gasteiger charge is -2.04. The van der Waals surface area contributed by atoms with E-state index in [1.807, 2.05) is 0 Å². The maximum Gasteiger partial charge on any atom is 0.251 e. The second-order valence-electron chi connectivity index (χ2n) is 2.83. The summed E-state index contributed by atoms with van der Waals surface area (Å²) in [6.45, 7) is 0.776. The van der Waals surface area contributed by atoms with Gasteiger partial charge in [-0.15, -0.1) is 10.2 Å². The quantitative estimate of drug-likeness (QED) is 0.748. The van der Waals surface area contributed by atoms with Crippen LogP contribution in [0, 0.1) is 0 Å². The van der Waals surface area contributed by atoms with Gasteiger partial charge in [0.05, 0.1) is 13.2 Å². The van der Waals surface area contributed by atoms with Crippen LogP contribution in [-0.4, -0.2) is 43.0 Å². The summed E-state index contributed by atoms with van der Waals surface area (Å²) < 4.78 is 9.78. The lowest BCUT2D eigenvalue weighted by Crippen LogP contribution is -2.20. The van der Waals surface area contributed by atoms with Gasteiger partial charge in [-0.2, -0.15) is 0 Å². The fourth-order valence-corrected chi connectivity index (χ4v) is 0.970. The normalized spacial score (nSPS) is 10.1. The first-order valence-electron chi connectivity index (χ1n) is 4.58. The number of amides is 1. The fraction of sp³-hybridized carbons (Fsp3) is 0.444. The van der Waals surface area contributed by atoms with Gasteiger partial charge in [-0.3, -0.25) is 4.79 Å². The molecule has 0 fully saturated rings. The monoisotopic (exact) mass is 245 g/mol. The topological polar surface area (TPSA) is 73.3 Å². The lowest BCUT2D eigenvalue weighted by molar-refractivity contribution is -0.121. The van der Waals surface area contributed by atoms with Crippen molar-refractivity contribution in [2.45, 2.75) is 0 Å². The van der Waals surface area contributed by atoms with Crippen molar-refractivity contribution in [3.05, 3.63) is 17.3 Å². The maximum absolute atomic E-state index is 11.3. The number of carbonyl (C=O) groups is 1. The third-order valence-corrected chi connectivity index (χ3v) is 1.77. The minimum atomic E-state index is -0.298. The van der Waals surface area contributed by atoms with Crippen LogP contribution in [0.15, 0.2) is 12.1 Å². The molecule has 0 bridgehead atoms. The van der Waals surface area contributed by atoms with E-state index in [1.165, 1.54) is 6.07 Å². The first kappa shape index (κ1) is 12.8. The van der Waals surface area contributed by atoms with Crippen LogP contribution >= 0.6 is 11.6 Å². The Labute approximate surface area is 97.9 Å². The number of rotatable bonds is 6. The number of carbonyl (C=O) groups excluding carboxylic acids is 1. The Bertz CT molecular complexity index is 331. The number of hydrogen-bond donors (Lipinski definition) is 1. The van der Waals surface area contributed by atoms with Crippen molar-refractivity contribution in [1.29, 1.82) is 0 Å². The number of methoxy groups -OCH3 is 1. The van der Waals surface area contributed by atoms with E-state index in [0.717, 1.165) is 0 Å². The number of anilines is 1. The Balaban J connectivity index is 2.26. The van der Waals surface area contributed by atoms with Crippen molar-refractivity contribution in [3.8, 4) is 0 Å². The third kappa shape index (κ3) is 5.01. The van der Waals surface area contributed by atoms with E-state index in [9.17, 15) is 4.79 Å². The van der Waals surface area contributed by atoms with Gasteiger partial charge in [-0.1, -0.05) is 11.6 Å². The number of aromatic nitrogens is 2. The molecule has 0 spiro atoms. The predicted molar refractivity (Wildman–Crippen MR) is 58.4 cm³/mol. The zero-order valence-electron chi connectivity index (χ0n) is 8.77. The summed E-state index contributed by atoms with van der Waals surface area (Å²) >= 11 is 5.54. The molecular formula is C9H12ClN3O3. The number of nitrogens with zero attached hydrogens (tertiary/aromatic N) is 2. The Morgan fingerprint density at radius 3 is 2.88 bits per heavy atom. The summed E-state index contributed by atoms with van der Waals surface area (Å²) in [4.78, 5) is 11.3. The minimum absolute atomic E-state index is 0.0479. The van der Waals surface area contributed by atoms with Crippen LogP contribution in [-0.2, 0) is 14.3 Å². The molecule has 0 aliphatic heterocycles. The minimum Gasteiger partial charge on any atom is -0.382 e. The van der Waals surface area contributed by atoms with Crippen LogP contribution in [0.25, 0.3) is 0 Å². The molecular weight excluding hydrogens is 234 g/mol. The number of halogens is 1. The molecule has 0 unspecified atom stereocenters. The van der Waals surface area contributed by atoms with Crippen molar-refractivity contribution < 1.29 is 14.3 Å². The van der Waals surface area contributed by atoms with E-state index in [-0.39, 0.29) is 17.7 Å². The van der Waals surface area contributed by atoms with Gasteiger partial charge in [0.1, 0.15) is 6.61 Å². The highest BCUT2D eigenvalue weighted by Crippen LogP contribution is 2.05. The number of hydrogen-bond acceptors (Lipinski definition) is 5. The van der Waals surface area contributed by atoms with Crippen molar-refractivity contribution in [2.75, 3.05) is 32.2 Å². The van der Waals surface area contributed by atoms with Gasteiger partial charge in [0.15, 0.2) is 11.0 Å². The first-order chi connectivity index (χ1) is 7.72. The molecule has 88 valence electrons. The van der Waals surface area contributed by atoms with Gasteiger partial charge in [0.25, 0.3) is 5.91 Å². The molecule has 1 rings (SSSR count). The van der Waals surface area contributed by atoms with E-state index in [0.29, 0.717) is 19.0 Å². The fourth-order valence-electron chi connectivity index (χ4n) is 0.869. The van der Waals surface area contributed by atoms with Crippen molar-refractivity contribution in [2.24, 2.45) is 0 Å². The summed E-state index contributed by atoms with van der Waals surface area (Å²) in [7, 11) is 1.56. The molecule has 0 saturated heterocycles. The zero-order valence-corrected chi connectivity index (χ0v) is 9.53. The standard InChI is InChI=1S/C9H12ClN3O3/c1-15-4-5-16-6-9(14)11-8-3-2-7(10)12-13-8/h2-3H,4-6H2,1H3,(H,11,13,14). The molecule has 0 atom stereocenters. The van der Waals surface area contributed by atoms with Crippen LogP contribution in [0.1, 0.15) is 0 Å². The first-order valence-corrected chi connectivity index (χ1v) is 4.96. The summed E-state index contributed by atoms with van der Waals surface area (Å²) in [5, 5.41) is 10.0. The largest absolute Gasteiger partial charge is 0.382 e. The second-order valence-corrected chi connectivity index (χ2v) is 3.22. The van der Waals surface area contributed by atoms with Crippen molar-refractivity contribution in [3.63, 3.8) is 0 Å². The smallest absolute Gasteiger partial charge is 0.251 e. The van der Waals surface area contributed by atoms with Crippen molar-refractivity contribution in [1.82, 2.24) is 10.2 Å². The lowest BCUT2D eigenvalue weighted by atomic mass is 10.5. The maximum atomic E-state index is 11.3. The Morgan fingerprint density at radius 1 is 1.44 bits per heavy atom. The molecule has 1 heterocycles. The highest BCUT2D eigenvalue weighted by molar-refractivity contribution is 6.29. The molecule has 7 heteroatoms. The number of ether oxygens (including phenoxy) is 2. The zero-order chi connectivity index (χ0) is 11.8. The summed E-state index contributed by atoms with van der Waals surface area (Å²) in [5.74, 6) is 0.0393. The third-order valence-electron chi connectivity index (χ3n) is 1.56. The average molecular weight is 246 g/mol. The molecule has 1 aromatic heterocycles. The molecule has 6 nitrogen and oxygen atoms in total. The van der Waals surface area contributed by atoms with E-state index in [4.69, 9.17) is 21.1 Å². The Kier molecular flexibility index (Phi) is 5.69. The Morgan fingerprint density at radius 2 is 2.25 bits per heavy atom. The van der Waals surface area contributed by atoms with Crippen LogP contribution in [0.3, 0.4) is 0 Å². The second kappa shape index (κ2) is 7.10. The van der Waals surface area contributed by atoms with Gasteiger partial charge in [0, 0.05) is 7.11 Å². The highest BCUT2D eigenvalue weighted by Gasteiger charge is 2.03. The predicted octanol–water partition coefficient (Wildman–Crippen LogP) is 0.731. The Hall–Kier alpha value is -1.24. The number of nitrogens with one attached hydrogen (secondary N) is 1. The van der Waals surface area contributed by atoms with Gasteiger partial charge < -0.3 is 14.8 Å². The molecule has 0 aliphatic carbocycles. The van der Waals surface area contributed by atoms with Crippen molar-refractivity contribution >= 4 is 23.3 Å². The van der Waals surface area contributed by atoms with Gasteiger partial charge in [0.2, 0.25) is 0 Å². The highest BCUT2D eigenvalue weighted by atomic mass is 35.5. The summed E-state index contributed by atoms with van der Waals surface area (Å²) in [5.41, 5.74) is 0. The molecule has 1 aromatic rings. The van der Waals surface area contributed by atoms with Gasteiger partial charge in [-0.05, 0) is 12.1 Å². The van der Waals surface area contributed by atoms with E-state index < -0.39 is 0 Å². The van der Waals surface area contributed by atoms with Crippen LogP contribution in [0.5, 0.6) is 0 Å². The molecule has 16 heavy (non-hydrogen) atoms. The molecule has 0 aliphatic rings.